The number of carbonyl (C=O) groups excluding carboxylic acids is 1. The molecular weight excluding hydrogens is 318 g/mol. The molecule has 1 aliphatic rings. The lowest BCUT2D eigenvalue weighted by molar-refractivity contribution is -0.115. The van der Waals surface area contributed by atoms with E-state index < -0.39 is 0 Å². The fourth-order valence-electron chi connectivity index (χ4n) is 2.92. The van der Waals surface area contributed by atoms with Crippen molar-refractivity contribution in [2.45, 2.75) is 46.5 Å². The van der Waals surface area contributed by atoms with Gasteiger partial charge in [-0.1, -0.05) is 6.07 Å². The standard InChI is InChI=1S/C20H27NO4/c1-4-24-18-10-9-15(13-19(18)25-5-2)11-12-21-14(3)20-16(22)7-6-8-17(20)23/h9-10,13,22H,4-8,11-12H2,1-3H3. The van der Waals surface area contributed by atoms with Crippen LogP contribution in [0.2, 0.25) is 0 Å². The van der Waals surface area contributed by atoms with Crippen molar-refractivity contribution in [2.75, 3.05) is 19.8 Å². The predicted molar refractivity (Wildman–Crippen MR) is 99.0 cm³/mol. The molecule has 136 valence electrons. The van der Waals surface area contributed by atoms with E-state index in [1.165, 1.54) is 0 Å². The number of hydrogen-bond donors (Lipinski definition) is 1. The maximum atomic E-state index is 12.0. The molecule has 5 nitrogen and oxygen atoms in total. The smallest absolute Gasteiger partial charge is 0.168 e. The molecule has 0 saturated heterocycles. The van der Waals surface area contributed by atoms with E-state index in [4.69, 9.17) is 9.47 Å². The minimum Gasteiger partial charge on any atom is -0.511 e. The summed E-state index contributed by atoms with van der Waals surface area (Å²) >= 11 is 0. The van der Waals surface area contributed by atoms with Crippen LogP contribution >= 0.6 is 0 Å². The van der Waals surface area contributed by atoms with Crippen LogP contribution in [0.4, 0.5) is 0 Å². The molecule has 0 spiro atoms. The zero-order chi connectivity index (χ0) is 18.2. The first kappa shape index (κ1) is 19.0. The van der Waals surface area contributed by atoms with Gasteiger partial charge in [-0.2, -0.15) is 0 Å². The van der Waals surface area contributed by atoms with Crippen LogP contribution in [0, 0.1) is 0 Å². The first-order chi connectivity index (χ1) is 12.1. The van der Waals surface area contributed by atoms with E-state index in [-0.39, 0.29) is 11.5 Å². The van der Waals surface area contributed by atoms with Gasteiger partial charge in [0.1, 0.15) is 5.76 Å². The highest BCUT2D eigenvalue weighted by molar-refractivity contribution is 6.22. The van der Waals surface area contributed by atoms with Crippen molar-refractivity contribution in [1.29, 1.82) is 0 Å². The Labute approximate surface area is 149 Å². The zero-order valence-corrected chi connectivity index (χ0v) is 15.3. The Kier molecular flexibility index (Phi) is 7.04. The Morgan fingerprint density at radius 1 is 1.16 bits per heavy atom. The fourth-order valence-corrected chi connectivity index (χ4v) is 2.92. The Hall–Kier alpha value is -2.30. The Balaban J connectivity index is 2.05. The summed E-state index contributed by atoms with van der Waals surface area (Å²) in [5.74, 6) is 1.66. The second-order valence-corrected chi connectivity index (χ2v) is 5.96. The van der Waals surface area contributed by atoms with E-state index in [1.807, 2.05) is 32.0 Å². The van der Waals surface area contributed by atoms with Crippen LogP contribution in [0.15, 0.2) is 34.5 Å². The highest BCUT2D eigenvalue weighted by atomic mass is 16.5. The third-order valence-corrected chi connectivity index (χ3v) is 4.10. The molecule has 0 atom stereocenters. The zero-order valence-electron chi connectivity index (χ0n) is 15.3. The summed E-state index contributed by atoms with van der Waals surface area (Å²) in [4.78, 5) is 16.4. The number of ether oxygens (including phenoxy) is 2. The number of benzene rings is 1. The third kappa shape index (κ3) is 5.08. The fraction of sp³-hybridized carbons (Fsp3) is 0.500. The van der Waals surface area contributed by atoms with Gasteiger partial charge in [0.2, 0.25) is 0 Å². The first-order valence-corrected chi connectivity index (χ1v) is 8.92. The number of carbonyl (C=O) groups is 1. The molecule has 0 heterocycles. The van der Waals surface area contributed by atoms with Crippen molar-refractivity contribution in [3.05, 3.63) is 35.1 Å². The van der Waals surface area contributed by atoms with Crippen LogP contribution in [0.1, 0.15) is 45.6 Å². The molecule has 0 amide bonds. The molecule has 0 unspecified atom stereocenters. The van der Waals surface area contributed by atoms with E-state index in [2.05, 4.69) is 4.99 Å². The van der Waals surface area contributed by atoms with Gasteiger partial charge < -0.3 is 14.6 Å². The summed E-state index contributed by atoms with van der Waals surface area (Å²) in [6, 6.07) is 5.89. The third-order valence-electron chi connectivity index (χ3n) is 4.10. The number of rotatable bonds is 8. The molecule has 1 aromatic carbocycles. The summed E-state index contributed by atoms with van der Waals surface area (Å²) in [6.45, 7) is 7.40. The highest BCUT2D eigenvalue weighted by Crippen LogP contribution is 2.28. The van der Waals surface area contributed by atoms with Crippen molar-refractivity contribution in [3.63, 3.8) is 0 Å². The second-order valence-electron chi connectivity index (χ2n) is 5.96. The molecule has 2 rings (SSSR count). The minimum absolute atomic E-state index is 0.00954. The van der Waals surface area contributed by atoms with Crippen LogP contribution in [-0.2, 0) is 11.2 Å². The van der Waals surface area contributed by atoms with Gasteiger partial charge in [0.25, 0.3) is 0 Å². The van der Waals surface area contributed by atoms with Gasteiger partial charge in [0.05, 0.1) is 18.8 Å². The van der Waals surface area contributed by atoms with Crippen LogP contribution in [0.5, 0.6) is 11.5 Å². The Morgan fingerprint density at radius 3 is 2.56 bits per heavy atom. The lowest BCUT2D eigenvalue weighted by Crippen LogP contribution is -2.18. The number of aliphatic hydroxyl groups is 1. The number of Topliss-reactive ketones (excluding diaryl/α,β-unsaturated/α-hetero) is 1. The second kappa shape index (κ2) is 9.25. The summed E-state index contributed by atoms with van der Waals surface area (Å²) in [5.41, 5.74) is 2.13. The lowest BCUT2D eigenvalue weighted by Gasteiger charge is -2.15. The van der Waals surface area contributed by atoms with Gasteiger partial charge in [-0.15, -0.1) is 0 Å². The van der Waals surface area contributed by atoms with Gasteiger partial charge in [-0.25, -0.2) is 0 Å². The number of ketones is 1. The van der Waals surface area contributed by atoms with Crippen molar-refractivity contribution in [2.24, 2.45) is 4.99 Å². The number of hydrogen-bond acceptors (Lipinski definition) is 5. The Morgan fingerprint density at radius 2 is 1.88 bits per heavy atom. The van der Waals surface area contributed by atoms with Crippen molar-refractivity contribution in [1.82, 2.24) is 0 Å². The van der Waals surface area contributed by atoms with E-state index in [9.17, 15) is 9.90 Å². The van der Waals surface area contributed by atoms with Crippen molar-refractivity contribution >= 4 is 11.5 Å². The summed E-state index contributed by atoms with van der Waals surface area (Å²) in [6.07, 6.45) is 2.49. The SMILES string of the molecule is CCOc1ccc(CCN=C(C)C2=C(O)CCCC2=O)cc1OCC. The molecule has 1 N–H and O–H groups in total. The average Bonchev–Trinajstić information content (AvgIpc) is 2.57. The monoisotopic (exact) mass is 345 g/mol. The lowest BCUT2D eigenvalue weighted by atomic mass is 9.93. The van der Waals surface area contributed by atoms with Gasteiger partial charge in [0, 0.05) is 25.1 Å². The van der Waals surface area contributed by atoms with E-state index in [1.54, 1.807) is 6.92 Å². The van der Waals surface area contributed by atoms with Crippen LogP contribution in [-0.4, -0.2) is 36.4 Å². The molecular formula is C20H27NO4. The molecule has 0 radical (unpaired) electrons. The van der Waals surface area contributed by atoms with Gasteiger partial charge in [-0.05, 0) is 51.3 Å². The maximum Gasteiger partial charge on any atom is 0.168 e. The molecule has 0 bridgehead atoms. The number of aliphatic hydroxyl groups excluding tert-OH is 1. The molecule has 0 aliphatic heterocycles. The molecule has 1 aromatic rings. The molecule has 0 fully saturated rings. The van der Waals surface area contributed by atoms with E-state index >= 15 is 0 Å². The van der Waals surface area contributed by atoms with E-state index in [0.29, 0.717) is 50.3 Å². The first-order valence-electron chi connectivity index (χ1n) is 8.92. The Bertz CT molecular complexity index is 676. The van der Waals surface area contributed by atoms with Crippen LogP contribution in [0.25, 0.3) is 0 Å². The van der Waals surface area contributed by atoms with Crippen molar-refractivity contribution < 1.29 is 19.4 Å². The minimum atomic E-state index is -0.00954. The molecule has 25 heavy (non-hydrogen) atoms. The topological polar surface area (TPSA) is 68.1 Å². The largest absolute Gasteiger partial charge is 0.511 e. The van der Waals surface area contributed by atoms with Crippen LogP contribution < -0.4 is 9.47 Å². The van der Waals surface area contributed by atoms with Gasteiger partial charge in [0.15, 0.2) is 17.3 Å². The normalized spacial score (nSPS) is 15.5. The summed E-state index contributed by atoms with van der Waals surface area (Å²) < 4.78 is 11.2. The van der Waals surface area contributed by atoms with Crippen molar-refractivity contribution in [3.8, 4) is 11.5 Å². The molecule has 0 aromatic heterocycles. The average molecular weight is 345 g/mol. The number of nitrogens with zero attached hydrogens (tertiary/aromatic N) is 1. The van der Waals surface area contributed by atoms with Gasteiger partial charge in [-0.3, -0.25) is 9.79 Å². The number of aliphatic imine (C=N–C) groups is 1. The maximum absolute atomic E-state index is 12.0. The molecule has 5 heteroatoms. The molecule has 1 aliphatic carbocycles. The quantitative estimate of drug-likeness (QED) is 0.722. The summed E-state index contributed by atoms with van der Waals surface area (Å²) in [7, 11) is 0. The summed E-state index contributed by atoms with van der Waals surface area (Å²) in [5, 5.41) is 9.95. The number of allylic oxidation sites excluding steroid dienone is 2. The highest BCUT2D eigenvalue weighted by Gasteiger charge is 2.22. The molecule has 0 saturated carbocycles. The van der Waals surface area contributed by atoms with Gasteiger partial charge >= 0.3 is 0 Å². The predicted octanol–water partition coefficient (Wildman–Crippen LogP) is 4.05. The van der Waals surface area contributed by atoms with E-state index in [0.717, 1.165) is 23.5 Å². The van der Waals surface area contributed by atoms with Crippen LogP contribution in [0.3, 0.4) is 0 Å².